The van der Waals surface area contributed by atoms with Gasteiger partial charge in [-0.1, -0.05) is 43.3 Å². The molecule has 1 aliphatic rings. The largest absolute Gasteiger partial charge is 0.494 e. The molecule has 4 nitrogen and oxygen atoms in total. The van der Waals surface area contributed by atoms with E-state index in [9.17, 15) is 4.79 Å². The maximum absolute atomic E-state index is 11.8. The van der Waals surface area contributed by atoms with E-state index < -0.39 is 0 Å². The molecule has 0 atom stereocenters. The third-order valence-corrected chi connectivity index (χ3v) is 5.99. The van der Waals surface area contributed by atoms with Gasteiger partial charge in [-0.3, -0.25) is 9.78 Å². The SMILES string of the molecule is CCC(=O)N1CCC(Cc2ccc(-c3ccc4cccnc4c3OC)cc2)CC1. The summed E-state index contributed by atoms with van der Waals surface area (Å²) < 4.78 is 5.71. The molecule has 1 aromatic heterocycles. The lowest BCUT2D eigenvalue weighted by Crippen LogP contribution is -2.38. The number of piperidine rings is 1. The van der Waals surface area contributed by atoms with Crippen LogP contribution in [0.2, 0.25) is 0 Å². The van der Waals surface area contributed by atoms with Crippen molar-refractivity contribution in [3.8, 4) is 16.9 Å². The maximum atomic E-state index is 11.8. The predicted molar refractivity (Wildman–Crippen MR) is 117 cm³/mol. The van der Waals surface area contributed by atoms with Crippen LogP contribution in [-0.4, -0.2) is 36.0 Å². The van der Waals surface area contributed by atoms with Crippen molar-refractivity contribution in [2.75, 3.05) is 20.2 Å². The number of carbonyl (C=O) groups is 1. The van der Waals surface area contributed by atoms with Crippen LogP contribution in [0.3, 0.4) is 0 Å². The van der Waals surface area contributed by atoms with Crippen LogP contribution in [0.25, 0.3) is 22.0 Å². The van der Waals surface area contributed by atoms with Gasteiger partial charge in [0.2, 0.25) is 5.91 Å². The lowest BCUT2D eigenvalue weighted by atomic mass is 9.89. The Bertz CT molecular complexity index is 989. The van der Waals surface area contributed by atoms with Gasteiger partial charge < -0.3 is 9.64 Å². The Morgan fingerprint density at radius 2 is 1.86 bits per heavy atom. The Balaban J connectivity index is 1.48. The van der Waals surface area contributed by atoms with E-state index >= 15 is 0 Å². The smallest absolute Gasteiger partial charge is 0.222 e. The average molecular weight is 389 g/mol. The van der Waals surface area contributed by atoms with Crippen LogP contribution in [0, 0.1) is 5.92 Å². The van der Waals surface area contributed by atoms with Crippen molar-refractivity contribution in [1.82, 2.24) is 9.88 Å². The molecule has 0 saturated carbocycles. The summed E-state index contributed by atoms with van der Waals surface area (Å²) in [5, 5.41) is 1.08. The molecule has 0 bridgehead atoms. The van der Waals surface area contributed by atoms with Gasteiger partial charge in [0.15, 0.2) is 5.75 Å². The number of carbonyl (C=O) groups excluding carboxylic acids is 1. The first-order valence-corrected chi connectivity index (χ1v) is 10.5. The molecule has 0 unspecified atom stereocenters. The molecule has 2 aromatic carbocycles. The van der Waals surface area contributed by atoms with Crippen LogP contribution in [0.1, 0.15) is 31.7 Å². The lowest BCUT2D eigenvalue weighted by molar-refractivity contribution is -0.132. The highest BCUT2D eigenvalue weighted by atomic mass is 16.5. The molecule has 2 heterocycles. The second-order valence-corrected chi connectivity index (χ2v) is 7.80. The number of methoxy groups -OCH3 is 1. The summed E-state index contributed by atoms with van der Waals surface area (Å²) in [7, 11) is 1.71. The summed E-state index contributed by atoms with van der Waals surface area (Å²) in [5.41, 5.74) is 4.45. The first kappa shape index (κ1) is 19.4. The van der Waals surface area contributed by atoms with Crippen molar-refractivity contribution < 1.29 is 9.53 Å². The predicted octanol–water partition coefficient (Wildman–Crippen LogP) is 5.10. The highest BCUT2D eigenvalue weighted by Crippen LogP contribution is 2.36. The Kier molecular flexibility index (Phi) is 5.79. The van der Waals surface area contributed by atoms with Crippen molar-refractivity contribution in [2.45, 2.75) is 32.6 Å². The van der Waals surface area contributed by atoms with Crippen LogP contribution < -0.4 is 4.74 Å². The average Bonchev–Trinajstić information content (AvgIpc) is 2.79. The Hall–Kier alpha value is -2.88. The van der Waals surface area contributed by atoms with Crippen molar-refractivity contribution in [1.29, 1.82) is 0 Å². The second kappa shape index (κ2) is 8.64. The van der Waals surface area contributed by atoms with Crippen molar-refractivity contribution in [3.05, 3.63) is 60.3 Å². The molecule has 0 radical (unpaired) electrons. The van der Waals surface area contributed by atoms with Gasteiger partial charge >= 0.3 is 0 Å². The summed E-state index contributed by atoms with van der Waals surface area (Å²) in [6.07, 6.45) is 5.68. The second-order valence-electron chi connectivity index (χ2n) is 7.80. The van der Waals surface area contributed by atoms with Crippen LogP contribution in [0.4, 0.5) is 0 Å². The summed E-state index contributed by atoms with van der Waals surface area (Å²) in [6.45, 7) is 3.74. The fourth-order valence-corrected chi connectivity index (χ4v) is 4.32. The van der Waals surface area contributed by atoms with Gasteiger partial charge in [-0.2, -0.15) is 0 Å². The first-order valence-electron chi connectivity index (χ1n) is 10.5. The monoisotopic (exact) mass is 388 g/mol. The minimum absolute atomic E-state index is 0.284. The van der Waals surface area contributed by atoms with Crippen LogP contribution >= 0.6 is 0 Å². The van der Waals surface area contributed by atoms with E-state index in [-0.39, 0.29) is 5.91 Å². The Morgan fingerprint density at radius 1 is 1.10 bits per heavy atom. The molecular formula is C25H28N2O2. The summed E-state index contributed by atoms with van der Waals surface area (Å²) in [4.78, 5) is 18.4. The molecule has 4 rings (SSSR count). The number of nitrogens with zero attached hydrogens (tertiary/aromatic N) is 2. The number of likely N-dealkylation sites (tertiary alicyclic amines) is 1. The molecule has 1 fully saturated rings. The minimum atomic E-state index is 0.284. The number of pyridine rings is 1. The van der Waals surface area contributed by atoms with E-state index in [0.29, 0.717) is 12.3 Å². The van der Waals surface area contributed by atoms with E-state index in [4.69, 9.17) is 4.74 Å². The van der Waals surface area contributed by atoms with Gasteiger partial charge in [0.25, 0.3) is 0 Å². The molecule has 3 aromatic rings. The standard InChI is InChI=1S/C25H28N2O2/c1-3-23(28)27-15-12-19(13-16-27)17-18-6-8-20(9-7-18)22-11-10-21-5-4-14-26-24(21)25(22)29-2/h4-11,14,19H,3,12-13,15-17H2,1-2H3. The van der Waals surface area contributed by atoms with Crippen LogP contribution in [-0.2, 0) is 11.2 Å². The summed E-state index contributed by atoms with van der Waals surface area (Å²) in [5.74, 6) is 1.76. The summed E-state index contributed by atoms with van der Waals surface area (Å²) in [6, 6.07) is 17.0. The fourth-order valence-electron chi connectivity index (χ4n) is 4.32. The zero-order chi connectivity index (χ0) is 20.2. The molecule has 4 heteroatoms. The highest BCUT2D eigenvalue weighted by Gasteiger charge is 2.22. The molecule has 1 saturated heterocycles. The molecular weight excluding hydrogens is 360 g/mol. The zero-order valence-electron chi connectivity index (χ0n) is 17.2. The maximum Gasteiger partial charge on any atom is 0.222 e. The van der Waals surface area contributed by atoms with Gasteiger partial charge in [-0.25, -0.2) is 0 Å². The van der Waals surface area contributed by atoms with Gasteiger partial charge in [0.05, 0.1) is 7.11 Å². The summed E-state index contributed by atoms with van der Waals surface area (Å²) >= 11 is 0. The fraction of sp³-hybridized carbons (Fsp3) is 0.360. The molecule has 0 N–H and O–H groups in total. The van der Waals surface area contributed by atoms with E-state index in [1.807, 2.05) is 17.9 Å². The molecule has 0 aliphatic carbocycles. The van der Waals surface area contributed by atoms with E-state index in [0.717, 1.165) is 60.1 Å². The number of hydrogen-bond acceptors (Lipinski definition) is 3. The van der Waals surface area contributed by atoms with Gasteiger partial charge in [0.1, 0.15) is 5.52 Å². The third kappa shape index (κ3) is 4.12. The van der Waals surface area contributed by atoms with Gasteiger partial charge in [0, 0.05) is 36.7 Å². The molecule has 1 amide bonds. The minimum Gasteiger partial charge on any atom is -0.494 e. The number of fused-ring (bicyclic) bond motifs is 1. The lowest BCUT2D eigenvalue weighted by Gasteiger charge is -2.32. The Labute approximate surface area is 172 Å². The normalized spacial score (nSPS) is 14.9. The van der Waals surface area contributed by atoms with Crippen LogP contribution in [0.5, 0.6) is 5.75 Å². The Morgan fingerprint density at radius 3 is 2.55 bits per heavy atom. The van der Waals surface area contributed by atoms with Gasteiger partial charge in [-0.15, -0.1) is 0 Å². The molecule has 29 heavy (non-hydrogen) atoms. The van der Waals surface area contributed by atoms with Crippen molar-refractivity contribution in [2.24, 2.45) is 5.92 Å². The number of aromatic nitrogens is 1. The topological polar surface area (TPSA) is 42.4 Å². The van der Waals surface area contributed by atoms with Crippen molar-refractivity contribution >= 4 is 16.8 Å². The van der Waals surface area contributed by atoms with Gasteiger partial charge in [-0.05, 0) is 48.4 Å². The van der Waals surface area contributed by atoms with Crippen molar-refractivity contribution in [3.63, 3.8) is 0 Å². The first-order chi connectivity index (χ1) is 14.2. The number of amides is 1. The highest BCUT2D eigenvalue weighted by molar-refractivity contribution is 5.92. The van der Waals surface area contributed by atoms with Crippen LogP contribution in [0.15, 0.2) is 54.7 Å². The van der Waals surface area contributed by atoms with E-state index in [2.05, 4.69) is 47.4 Å². The van der Waals surface area contributed by atoms with E-state index in [1.54, 1.807) is 13.3 Å². The van der Waals surface area contributed by atoms with E-state index in [1.165, 1.54) is 5.56 Å². The molecule has 0 spiro atoms. The molecule has 1 aliphatic heterocycles. The molecule has 150 valence electrons. The number of hydrogen-bond donors (Lipinski definition) is 0. The number of rotatable bonds is 5. The third-order valence-electron chi connectivity index (χ3n) is 5.99. The number of ether oxygens (including phenoxy) is 1. The quantitative estimate of drug-likeness (QED) is 0.611. The zero-order valence-corrected chi connectivity index (χ0v) is 17.2. The number of benzene rings is 2.